The normalized spacial score (nSPS) is 23.4. The maximum Gasteiger partial charge on any atom is 0.329 e. The van der Waals surface area contributed by atoms with Crippen LogP contribution in [0.25, 0.3) is 11.0 Å². The van der Waals surface area contributed by atoms with E-state index in [1.54, 1.807) is 0 Å². The summed E-state index contributed by atoms with van der Waals surface area (Å²) in [6.07, 6.45) is 5.53. The van der Waals surface area contributed by atoms with Crippen LogP contribution in [0.4, 0.5) is 0 Å². The standard InChI is InChI=1S/C17H24BN3O/c1-16(2)10-18(22-17(16,3)4)12-8-13-14(11-6-7-11)20-21(5)15(13)19-9-12/h8-9,11H,6-7,10H2,1-5H3. The van der Waals surface area contributed by atoms with E-state index < -0.39 is 0 Å². The monoisotopic (exact) mass is 297 g/mol. The summed E-state index contributed by atoms with van der Waals surface area (Å²) in [4.78, 5) is 4.67. The van der Waals surface area contributed by atoms with E-state index in [0.29, 0.717) is 5.92 Å². The number of hydrogen-bond donors (Lipinski definition) is 0. The molecule has 116 valence electrons. The average molecular weight is 297 g/mol. The van der Waals surface area contributed by atoms with Crippen molar-refractivity contribution >= 4 is 23.4 Å². The van der Waals surface area contributed by atoms with E-state index in [4.69, 9.17) is 9.75 Å². The van der Waals surface area contributed by atoms with Gasteiger partial charge in [0, 0.05) is 24.5 Å². The van der Waals surface area contributed by atoms with Crippen LogP contribution in [0.2, 0.25) is 6.32 Å². The van der Waals surface area contributed by atoms with E-state index in [9.17, 15) is 0 Å². The summed E-state index contributed by atoms with van der Waals surface area (Å²) in [6.45, 7) is 9.10. The number of aryl methyl sites for hydroxylation is 1. The zero-order chi connectivity index (χ0) is 15.7. The minimum absolute atomic E-state index is 0.110. The first kappa shape index (κ1) is 14.3. The van der Waals surface area contributed by atoms with E-state index in [1.807, 2.05) is 17.9 Å². The Balaban J connectivity index is 1.76. The van der Waals surface area contributed by atoms with E-state index in [2.05, 4.69) is 38.7 Å². The molecule has 0 spiro atoms. The molecule has 4 nitrogen and oxygen atoms in total. The lowest BCUT2D eigenvalue weighted by Crippen LogP contribution is -2.36. The van der Waals surface area contributed by atoms with Gasteiger partial charge in [0.2, 0.25) is 0 Å². The molecular formula is C17H24BN3O. The molecule has 1 aliphatic heterocycles. The number of pyridine rings is 1. The Hall–Kier alpha value is -1.36. The number of hydrogen-bond acceptors (Lipinski definition) is 3. The fourth-order valence-electron chi connectivity index (χ4n) is 3.47. The molecular weight excluding hydrogens is 273 g/mol. The highest BCUT2D eigenvalue weighted by molar-refractivity contribution is 6.68. The maximum atomic E-state index is 6.35. The van der Waals surface area contributed by atoms with E-state index in [1.165, 1.54) is 29.4 Å². The molecule has 0 unspecified atom stereocenters. The average Bonchev–Trinajstić information content (AvgIpc) is 3.18. The van der Waals surface area contributed by atoms with E-state index in [-0.39, 0.29) is 17.9 Å². The summed E-state index contributed by atoms with van der Waals surface area (Å²) in [5.74, 6) is 0.637. The molecule has 2 aromatic heterocycles. The summed E-state index contributed by atoms with van der Waals surface area (Å²) in [5, 5.41) is 5.91. The van der Waals surface area contributed by atoms with Crippen LogP contribution in [0.15, 0.2) is 12.3 Å². The molecule has 1 saturated carbocycles. The van der Waals surface area contributed by atoms with Gasteiger partial charge in [0.05, 0.1) is 11.3 Å². The van der Waals surface area contributed by atoms with Gasteiger partial charge in [-0.1, -0.05) is 19.9 Å². The first-order chi connectivity index (χ1) is 10.3. The molecule has 2 aliphatic rings. The Morgan fingerprint density at radius 3 is 2.59 bits per heavy atom. The van der Waals surface area contributed by atoms with Gasteiger partial charge in [0.1, 0.15) is 0 Å². The van der Waals surface area contributed by atoms with Crippen LogP contribution in [0.3, 0.4) is 0 Å². The van der Waals surface area contributed by atoms with E-state index in [0.717, 1.165) is 12.0 Å². The minimum atomic E-state index is -0.110. The smallest absolute Gasteiger partial charge is 0.329 e. The second kappa shape index (κ2) is 4.35. The number of nitrogens with zero attached hydrogens (tertiary/aromatic N) is 3. The molecule has 2 fully saturated rings. The van der Waals surface area contributed by atoms with Crippen molar-refractivity contribution in [2.24, 2.45) is 12.5 Å². The molecule has 4 rings (SSSR count). The molecule has 0 amide bonds. The van der Waals surface area contributed by atoms with Gasteiger partial charge in [-0.15, -0.1) is 0 Å². The molecule has 1 saturated heterocycles. The SMILES string of the molecule is Cn1nc(C2CC2)c2cc(B3CC(C)(C)C(C)(C)O3)cnc21. The third-order valence-electron chi connectivity index (χ3n) is 5.83. The lowest BCUT2D eigenvalue weighted by molar-refractivity contribution is 0.0375. The van der Waals surface area contributed by atoms with Gasteiger partial charge < -0.3 is 4.65 Å². The fraction of sp³-hybridized carbons (Fsp3) is 0.647. The van der Waals surface area contributed by atoms with Crippen LogP contribution in [-0.4, -0.2) is 27.3 Å². The summed E-state index contributed by atoms with van der Waals surface area (Å²) in [6, 6.07) is 2.27. The maximum absolute atomic E-state index is 6.35. The van der Waals surface area contributed by atoms with Crippen molar-refractivity contribution in [3.8, 4) is 0 Å². The van der Waals surface area contributed by atoms with Gasteiger partial charge >= 0.3 is 6.92 Å². The molecule has 0 bridgehead atoms. The number of aromatic nitrogens is 3. The van der Waals surface area contributed by atoms with Crippen molar-refractivity contribution in [1.82, 2.24) is 14.8 Å². The second-order valence-corrected chi connectivity index (χ2v) is 8.13. The van der Waals surface area contributed by atoms with Crippen LogP contribution in [-0.2, 0) is 11.7 Å². The Kier molecular flexibility index (Phi) is 2.81. The molecule has 0 aromatic carbocycles. The van der Waals surface area contributed by atoms with E-state index >= 15 is 0 Å². The Labute approximate surface area is 132 Å². The van der Waals surface area contributed by atoms with Crippen LogP contribution in [0.1, 0.15) is 52.1 Å². The largest absolute Gasteiger partial charge is 0.425 e. The summed E-state index contributed by atoms with van der Waals surface area (Å²) in [7, 11) is 1.99. The van der Waals surface area contributed by atoms with Crippen molar-refractivity contribution in [2.75, 3.05) is 0 Å². The fourth-order valence-corrected chi connectivity index (χ4v) is 3.47. The lowest BCUT2D eigenvalue weighted by atomic mass is 9.54. The third-order valence-corrected chi connectivity index (χ3v) is 5.83. The third kappa shape index (κ3) is 2.02. The van der Waals surface area contributed by atoms with Crippen molar-refractivity contribution in [1.29, 1.82) is 0 Å². The van der Waals surface area contributed by atoms with Gasteiger partial charge in [-0.25, -0.2) is 4.98 Å². The number of rotatable bonds is 2. The Morgan fingerprint density at radius 2 is 2.00 bits per heavy atom. The van der Waals surface area contributed by atoms with Gasteiger partial charge in [-0.2, -0.15) is 5.10 Å². The molecule has 22 heavy (non-hydrogen) atoms. The molecule has 0 radical (unpaired) electrons. The predicted molar refractivity (Wildman–Crippen MR) is 89.6 cm³/mol. The van der Waals surface area contributed by atoms with Crippen LogP contribution < -0.4 is 5.46 Å². The minimum Gasteiger partial charge on any atom is -0.425 e. The van der Waals surface area contributed by atoms with Crippen LogP contribution in [0.5, 0.6) is 0 Å². The molecule has 3 heterocycles. The van der Waals surface area contributed by atoms with Gasteiger partial charge in [-0.05, 0) is 43.9 Å². The van der Waals surface area contributed by atoms with Gasteiger partial charge in [-0.3, -0.25) is 4.68 Å². The summed E-state index contributed by atoms with van der Waals surface area (Å²) < 4.78 is 8.27. The lowest BCUT2D eigenvalue weighted by Gasteiger charge is -2.34. The van der Waals surface area contributed by atoms with Crippen LogP contribution in [0, 0.1) is 5.41 Å². The molecule has 1 aliphatic carbocycles. The molecule has 0 N–H and O–H groups in total. The quantitative estimate of drug-likeness (QED) is 0.800. The first-order valence-electron chi connectivity index (χ1n) is 8.29. The Morgan fingerprint density at radius 1 is 1.27 bits per heavy atom. The van der Waals surface area contributed by atoms with Crippen molar-refractivity contribution in [3.63, 3.8) is 0 Å². The molecule has 2 aromatic rings. The van der Waals surface area contributed by atoms with Crippen molar-refractivity contribution in [2.45, 2.75) is 58.4 Å². The van der Waals surface area contributed by atoms with Gasteiger partial charge in [0.25, 0.3) is 0 Å². The summed E-state index contributed by atoms with van der Waals surface area (Å²) in [5.41, 5.74) is 3.47. The zero-order valence-electron chi connectivity index (χ0n) is 14.2. The van der Waals surface area contributed by atoms with Crippen molar-refractivity contribution < 1.29 is 4.65 Å². The zero-order valence-corrected chi connectivity index (χ0v) is 14.2. The first-order valence-corrected chi connectivity index (χ1v) is 8.29. The van der Waals surface area contributed by atoms with Crippen LogP contribution >= 0.6 is 0 Å². The summed E-state index contributed by atoms with van der Waals surface area (Å²) >= 11 is 0. The molecule has 5 heteroatoms. The predicted octanol–water partition coefficient (Wildman–Crippen LogP) is 2.88. The Bertz CT molecular complexity index is 730. The van der Waals surface area contributed by atoms with Gasteiger partial charge in [0.15, 0.2) is 5.65 Å². The van der Waals surface area contributed by atoms with Crippen molar-refractivity contribution in [3.05, 3.63) is 18.0 Å². The number of fused-ring (bicyclic) bond motifs is 1. The highest BCUT2D eigenvalue weighted by Crippen LogP contribution is 2.45. The molecule has 0 atom stereocenters. The second-order valence-electron chi connectivity index (χ2n) is 8.13. The highest BCUT2D eigenvalue weighted by atomic mass is 16.5. The topological polar surface area (TPSA) is 39.9 Å². The highest BCUT2D eigenvalue weighted by Gasteiger charge is 2.50.